The third-order valence-corrected chi connectivity index (χ3v) is 7.41. The van der Waals surface area contributed by atoms with Crippen LogP contribution in [0, 0.1) is 5.92 Å². The van der Waals surface area contributed by atoms with E-state index >= 15 is 0 Å². The summed E-state index contributed by atoms with van der Waals surface area (Å²) in [4.78, 5) is 16.6. The van der Waals surface area contributed by atoms with Gasteiger partial charge in [0.2, 0.25) is 0 Å². The molecule has 4 rings (SSSR count). The molecule has 2 aromatic carbocycles. The molecule has 0 spiro atoms. The van der Waals surface area contributed by atoms with Crippen molar-refractivity contribution in [2.75, 3.05) is 43.9 Å². The van der Waals surface area contributed by atoms with Gasteiger partial charge in [-0.3, -0.25) is 4.79 Å². The van der Waals surface area contributed by atoms with Gasteiger partial charge in [-0.1, -0.05) is 11.6 Å². The zero-order valence-corrected chi connectivity index (χ0v) is 20.0. The predicted molar refractivity (Wildman–Crippen MR) is 122 cm³/mol. The first kappa shape index (κ1) is 24.7. The number of ether oxygens (including phenoxy) is 1. The molecule has 0 radical (unpaired) electrons. The monoisotopic (exact) mass is 516 g/mol. The number of carbonyl (C=O) groups excluding carboxylic acids is 1. The SMILES string of the molecule is CS(=O)(=O)c1ccc(OCC2CC2)c(C(=O)N2CCN(c3ccc(Cl)c(C(F)(F)F)c3)CC2)c1. The third-order valence-electron chi connectivity index (χ3n) is 5.97. The maximum atomic E-state index is 13.3. The number of alkyl halides is 3. The molecule has 6 nitrogen and oxygen atoms in total. The van der Waals surface area contributed by atoms with E-state index in [0.717, 1.165) is 25.2 Å². The third kappa shape index (κ3) is 5.60. The highest BCUT2D eigenvalue weighted by atomic mass is 35.5. The summed E-state index contributed by atoms with van der Waals surface area (Å²) in [6, 6.07) is 8.02. The summed E-state index contributed by atoms with van der Waals surface area (Å²) in [7, 11) is -3.53. The number of halogens is 4. The molecule has 0 N–H and O–H groups in total. The molecule has 184 valence electrons. The minimum atomic E-state index is -4.56. The summed E-state index contributed by atoms with van der Waals surface area (Å²) in [6.07, 6.45) is -1.37. The second kappa shape index (κ2) is 9.30. The normalized spacial score (nSPS) is 17.1. The summed E-state index contributed by atoms with van der Waals surface area (Å²) in [6.45, 7) is 1.61. The molecule has 2 aliphatic rings. The van der Waals surface area contributed by atoms with Gasteiger partial charge in [-0.25, -0.2) is 8.42 Å². The molecule has 1 heterocycles. The van der Waals surface area contributed by atoms with Crippen molar-refractivity contribution in [3.8, 4) is 5.75 Å². The van der Waals surface area contributed by atoms with Crippen LogP contribution in [0.1, 0.15) is 28.8 Å². The van der Waals surface area contributed by atoms with Gasteiger partial charge in [0, 0.05) is 38.1 Å². The van der Waals surface area contributed by atoms with Gasteiger partial charge in [-0.15, -0.1) is 0 Å². The molecular formula is C23H24ClF3N2O4S. The van der Waals surface area contributed by atoms with Gasteiger partial charge in [-0.2, -0.15) is 13.2 Å². The summed E-state index contributed by atoms with van der Waals surface area (Å²) in [5.74, 6) is 0.407. The molecule has 1 aliphatic carbocycles. The topological polar surface area (TPSA) is 66.9 Å². The average Bonchev–Trinajstić information content (AvgIpc) is 3.61. The van der Waals surface area contributed by atoms with E-state index in [1.807, 2.05) is 0 Å². The first-order chi connectivity index (χ1) is 15.9. The molecule has 0 bridgehead atoms. The van der Waals surface area contributed by atoms with Crippen molar-refractivity contribution >= 4 is 33.0 Å². The van der Waals surface area contributed by atoms with Crippen LogP contribution in [0.3, 0.4) is 0 Å². The summed E-state index contributed by atoms with van der Waals surface area (Å²) < 4.78 is 69.5. The van der Waals surface area contributed by atoms with Crippen LogP contribution in [-0.2, 0) is 16.0 Å². The molecular weight excluding hydrogens is 493 g/mol. The van der Waals surface area contributed by atoms with Crippen molar-refractivity contribution in [2.45, 2.75) is 23.9 Å². The Bertz CT molecular complexity index is 1190. The van der Waals surface area contributed by atoms with Gasteiger partial charge in [-0.05, 0) is 55.2 Å². The molecule has 0 unspecified atom stereocenters. The molecule has 0 atom stereocenters. The average molecular weight is 517 g/mol. The number of piperazine rings is 1. The highest BCUT2D eigenvalue weighted by Crippen LogP contribution is 2.37. The number of hydrogen-bond donors (Lipinski definition) is 0. The van der Waals surface area contributed by atoms with Crippen LogP contribution < -0.4 is 9.64 Å². The van der Waals surface area contributed by atoms with E-state index in [2.05, 4.69) is 0 Å². The summed E-state index contributed by atoms with van der Waals surface area (Å²) >= 11 is 5.71. The predicted octanol–water partition coefficient (Wildman–Crippen LogP) is 4.51. The first-order valence-electron chi connectivity index (χ1n) is 10.8. The number of benzene rings is 2. The molecule has 2 aromatic rings. The molecule has 0 aromatic heterocycles. The standard InChI is InChI=1S/C23H24ClF3N2O4S/c1-34(31,32)17-5-7-21(33-14-15-2-3-15)18(13-17)22(30)29-10-8-28(9-11-29)16-4-6-20(24)19(12-16)23(25,26)27/h4-7,12-13,15H,2-3,8-11,14H2,1H3. The summed E-state index contributed by atoms with van der Waals surface area (Å²) in [5.41, 5.74) is -0.362. The van der Waals surface area contributed by atoms with Crippen molar-refractivity contribution < 1.29 is 31.1 Å². The van der Waals surface area contributed by atoms with E-state index in [4.69, 9.17) is 16.3 Å². The van der Waals surface area contributed by atoms with E-state index < -0.39 is 21.6 Å². The van der Waals surface area contributed by atoms with Gasteiger partial charge >= 0.3 is 6.18 Å². The van der Waals surface area contributed by atoms with Gasteiger partial charge in [0.25, 0.3) is 5.91 Å². The van der Waals surface area contributed by atoms with Gasteiger partial charge in [0.1, 0.15) is 5.75 Å². The quantitative estimate of drug-likeness (QED) is 0.565. The number of nitrogens with zero attached hydrogens (tertiary/aromatic N) is 2. The highest BCUT2D eigenvalue weighted by Gasteiger charge is 2.34. The molecule has 34 heavy (non-hydrogen) atoms. The Labute approximate surface area is 201 Å². The molecule has 1 aliphatic heterocycles. The maximum Gasteiger partial charge on any atom is 0.417 e. The fourth-order valence-electron chi connectivity index (χ4n) is 3.79. The smallest absolute Gasteiger partial charge is 0.417 e. The van der Waals surface area contributed by atoms with Crippen molar-refractivity contribution in [3.63, 3.8) is 0 Å². The van der Waals surface area contributed by atoms with E-state index in [9.17, 15) is 26.4 Å². The van der Waals surface area contributed by atoms with E-state index in [0.29, 0.717) is 37.1 Å². The van der Waals surface area contributed by atoms with Crippen molar-refractivity contribution in [3.05, 3.63) is 52.5 Å². The Kier molecular flexibility index (Phi) is 6.74. The number of carbonyl (C=O) groups is 1. The number of rotatable bonds is 6. The van der Waals surface area contributed by atoms with Gasteiger partial charge in [0.15, 0.2) is 9.84 Å². The molecule has 2 fully saturated rings. The van der Waals surface area contributed by atoms with Crippen LogP contribution in [0.4, 0.5) is 18.9 Å². The number of hydrogen-bond acceptors (Lipinski definition) is 5. The lowest BCUT2D eigenvalue weighted by atomic mass is 10.1. The Morgan fingerprint density at radius 2 is 1.76 bits per heavy atom. The van der Waals surface area contributed by atoms with E-state index in [1.54, 1.807) is 9.80 Å². The summed E-state index contributed by atoms with van der Waals surface area (Å²) in [5, 5.41) is -0.366. The Morgan fingerprint density at radius 1 is 1.09 bits per heavy atom. The zero-order chi connectivity index (χ0) is 24.7. The van der Waals surface area contributed by atoms with E-state index in [-0.39, 0.29) is 34.5 Å². The second-order valence-electron chi connectivity index (χ2n) is 8.63. The molecule has 1 amide bonds. The van der Waals surface area contributed by atoms with Crippen LogP contribution in [0.5, 0.6) is 5.75 Å². The number of sulfone groups is 1. The Balaban J connectivity index is 1.51. The van der Waals surface area contributed by atoms with E-state index in [1.165, 1.54) is 30.3 Å². The van der Waals surface area contributed by atoms with Crippen LogP contribution in [0.2, 0.25) is 5.02 Å². The fourth-order valence-corrected chi connectivity index (χ4v) is 4.66. The number of anilines is 1. The lowest BCUT2D eigenvalue weighted by molar-refractivity contribution is -0.137. The van der Waals surface area contributed by atoms with Crippen LogP contribution in [0.15, 0.2) is 41.3 Å². The largest absolute Gasteiger partial charge is 0.492 e. The minimum Gasteiger partial charge on any atom is -0.492 e. The Hall–Kier alpha value is -2.46. The zero-order valence-electron chi connectivity index (χ0n) is 18.4. The lowest BCUT2D eigenvalue weighted by Gasteiger charge is -2.36. The van der Waals surface area contributed by atoms with Crippen molar-refractivity contribution in [2.24, 2.45) is 5.92 Å². The van der Waals surface area contributed by atoms with Crippen LogP contribution in [-0.4, -0.2) is 58.3 Å². The highest BCUT2D eigenvalue weighted by molar-refractivity contribution is 7.90. The van der Waals surface area contributed by atoms with Gasteiger partial charge in [0.05, 0.1) is 27.7 Å². The first-order valence-corrected chi connectivity index (χ1v) is 13.1. The van der Waals surface area contributed by atoms with Gasteiger partial charge < -0.3 is 14.5 Å². The van der Waals surface area contributed by atoms with Crippen molar-refractivity contribution in [1.82, 2.24) is 4.90 Å². The minimum absolute atomic E-state index is 0.0223. The second-order valence-corrected chi connectivity index (χ2v) is 11.0. The molecule has 11 heteroatoms. The van der Waals surface area contributed by atoms with Crippen LogP contribution >= 0.6 is 11.6 Å². The number of amides is 1. The van der Waals surface area contributed by atoms with Crippen molar-refractivity contribution in [1.29, 1.82) is 0 Å². The molecule has 1 saturated heterocycles. The fraction of sp³-hybridized carbons (Fsp3) is 0.435. The lowest BCUT2D eigenvalue weighted by Crippen LogP contribution is -2.49. The maximum absolute atomic E-state index is 13.3. The molecule has 1 saturated carbocycles. The van der Waals surface area contributed by atoms with Crippen LogP contribution in [0.25, 0.3) is 0 Å². The Morgan fingerprint density at radius 3 is 2.35 bits per heavy atom.